The molecule has 1 aromatic rings. The summed E-state index contributed by atoms with van der Waals surface area (Å²) >= 11 is 1.89. The molecule has 0 amide bonds. The Labute approximate surface area is 128 Å². The largest absolute Gasteiger partial charge is 0.316 e. The molecule has 0 unspecified atom stereocenters. The van der Waals surface area contributed by atoms with Crippen LogP contribution in [0.15, 0.2) is 17.5 Å². The van der Waals surface area contributed by atoms with Gasteiger partial charge in [-0.3, -0.25) is 4.90 Å². The third-order valence-electron chi connectivity index (χ3n) is 4.63. The lowest BCUT2D eigenvalue weighted by Gasteiger charge is -2.41. The van der Waals surface area contributed by atoms with E-state index in [2.05, 4.69) is 41.6 Å². The normalized spacial score (nSPS) is 18.6. The summed E-state index contributed by atoms with van der Waals surface area (Å²) in [5.41, 5.74) is 0.515. The van der Waals surface area contributed by atoms with Crippen LogP contribution in [-0.2, 0) is 6.54 Å². The molecular formula is C17H30N2S. The molecule has 1 saturated carbocycles. The number of rotatable bonds is 8. The summed E-state index contributed by atoms with van der Waals surface area (Å²) in [6, 6.07) is 4.44. The molecule has 0 radical (unpaired) electrons. The minimum Gasteiger partial charge on any atom is -0.316 e. The van der Waals surface area contributed by atoms with Crippen molar-refractivity contribution in [3.05, 3.63) is 22.4 Å². The van der Waals surface area contributed by atoms with Crippen molar-refractivity contribution in [1.29, 1.82) is 0 Å². The average molecular weight is 295 g/mol. The summed E-state index contributed by atoms with van der Waals surface area (Å²) in [5, 5.41) is 5.82. The first-order chi connectivity index (χ1) is 9.78. The maximum atomic E-state index is 3.62. The van der Waals surface area contributed by atoms with Gasteiger partial charge in [-0.05, 0) is 42.8 Å². The fourth-order valence-corrected chi connectivity index (χ4v) is 4.21. The van der Waals surface area contributed by atoms with E-state index in [0.717, 1.165) is 19.6 Å². The smallest absolute Gasteiger partial charge is 0.0328 e. The fraction of sp³-hybridized carbons (Fsp3) is 0.765. The molecule has 20 heavy (non-hydrogen) atoms. The maximum absolute atomic E-state index is 3.62. The van der Waals surface area contributed by atoms with E-state index in [4.69, 9.17) is 0 Å². The second-order valence-electron chi connectivity index (χ2n) is 6.22. The Morgan fingerprint density at radius 1 is 1.25 bits per heavy atom. The highest BCUT2D eigenvalue weighted by Crippen LogP contribution is 2.37. The van der Waals surface area contributed by atoms with E-state index in [1.807, 2.05) is 11.3 Å². The second-order valence-corrected chi connectivity index (χ2v) is 7.26. The van der Waals surface area contributed by atoms with Crippen molar-refractivity contribution in [2.24, 2.45) is 5.41 Å². The summed E-state index contributed by atoms with van der Waals surface area (Å²) in [7, 11) is 0. The van der Waals surface area contributed by atoms with Crippen LogP contribution in [0.5, 0.6) is 0 Å². The highest BCUT2D eigenvalue weighted by atomic mass is 32.1. The van der Waals surface area contributed by atoms with Gasteiger partial charge < -0.3 is 5.32 Å². The standard InChI is InChI=1S/C17H30N2S/c1-3-18-14-17(10-6-5-7-11-17)15-19(4-2)13-16-9-8-12-20-16/h8-9,12,18H,3-7,10-11,13-15H2,1-2H3. The van der Waals surface area contributed by atoms with E-state index in [-0.39, 0.29) is 0 Å². The van der Waals surface area contributed by atoms with Crippen molar-refractivity contribution in [2.75, 3.05) is 26.2 Å². The van der Waals surface area contributed by atoms with Crippen molar-refractivity contribution in [3.63, 3.8) is 0 Å². The molecule has 1 aromatic heterocycles. The number of hydrogen-bond acceptors (Lipinski definition) is 3. The van der Waals surface area contributed by atoms with Gasteiger partial charge in [0, 0.05) is 24.5 Å². The van der Waals surface area contributed by atoms with Crippen LogP contribution in [0, 0.1) is 5.41 Å². The van der Waals surface area contributed by atoms with E-state index in [9.17, 15) is 0 Å². The first-order valence-electron chi connectivity index (χ1n) is 8.23. The summed E-state index contributed by atoms with van der Waals surface area (Å²) in [4.78, 5) is 4.15. The zero-order valence-electron chi connectivity index (χ0n) is 13.2. The van der Waals surface area contributed by atoms with E-state index in [1.165, 1.54) is 50.1 Å². The lowest BCUT2D eigenvalue weighted by atomic mass is 9.73. The van der Waals surface area contributed by atoms with Crippen molar-refractivity contribution in [2.45, 2.75) is 52.5 Å². The van der Waals surface area contributed by atoms with Crippen molar-refractivity contribution in [3.8, 4) is 0 Å². The number of nitrogens with zero attached hydrogens (tertiary/aromatic N) is 1. The van der Waals surface area contributed by atoms with E-state index >= 15 is 0 Å². The summed E-state index contributed by atoms with van der Waals surface area (Å²) in [6.45, 7) is 10.4. The van der Waals surface area contributed by atoms with Crippen molar-refractivity contribution >= 4 is 11.3 Å². The van der Waals surface area contributed by atoms with E-state index in [1.54, 1.807) is 0 Å². The monoisotopic (exact) mass is 294 g/mol. The lowest BCUT2D eigenvalue weighted by Crippen LogP contribution is -2.45. The Morgan fingerprint density at radius 2 is 2.05 bits per heavy atom. The molecule has 2 rings (SSSR count). The molecule has 1 heterocycles. The predicted molar refractivity (Wildman–Crippen MR) is 89.3 cm³/mol. The number of thiophene rings is 1. The van der Waals surface area contributed by atoms with Gasteiger partial charge in [0.1, 0.15) is 0 Å². The first kappa shape index (κ1) is 16.0. The van der Waals surface area contributed by atoms with Gasteiger partial charge in [0.2, 0.25) is 0 Å². The molecule has 1 aliphatic rings. The molecular weight excluding hydrogens is 264 g/mol. The van der Waals surface area contributed by atoms with Gasteiger partial charge in [0.15, 0.2) is 0 Å². The molecule has 0 saturated heterocycles. The quantitative estimate of drug-likeness (QED) is 0.775. The minimum absolute atomic E-state index is 0.515. The van der Waals surface area contributed by atoms with Crippen LogP contribution in [-0.4, -0.2) is 31.1 Å². The van der Waals surface area contributed by atoms with Crippen LogP contribution in [0.2, 0.25) is 0 Å². The molecule has 1 N–H and O–H groups in total. The molecule has 0 aliphatic heterocycles. The van der Waals surface area contributed by atoms with Gasteiger partial charge >= 0.3 is 0 Å². The lowest BCUT2D eigenvalue weighted by molar-refractivity contribution is 0.102. The SMILES string of the molecule is CCNCC1(CN(CC)Cc2cccs2)CCCCC1. The molecule has 0 bridgehead atoms. The molecule has 0 aromatic carbocycles. The maximum Gasteiger partial charge on any atom is 0.0328 e. The third-order valence-corrected chi connectivity index (χ3v) is 5.49. The average Bonchev–Trinajstić information content (AvgIpc) is 2.98. The van der Waals surface area contributed by atoms with Gasteiger partial charge in [-0.25, -0.2) is 0 Å². The Hall–Kier alpha value is -0.380. The Bertz CT molecular complexity index is 355. The molecule has 1 fully saturated rings. The zero-order chi connectivity index (χ0) is 14.3. The minimum atomic E-state index is 0.515. The Morgan fingerprint density at radius 3 is 2.65 bits per heavy atom. The third kappa shape index (κ3) is 4.57. The molecule has 3 heteroatoms. The van der Waals surface area contributed by atoms with Crippen LogP contribution in [0.25, 0.3) is 0 Å². The summed E-state index contributed by atoms with van der Waals surface area (Å²) in [5.74, 6) is 0. The predicted octanol–water partition coefficient (Wildman–Crippen LogP) is 4.13. The number of nitrogens with one attached hydrogen (secondary N) is 1. The van der Waals surface area contributed by atoms with Crippen LogP contribution in [0.3, 0.4) is 0 Å². The topological polar surface area (TPSA) is 15.3 Å². The second kappa shape index (κ2) is 8.16. The molecule has 0 atom stereocenters. The summed E-state index contributed by atoms with van der Waals surface area (Å²) < 4.78 is 0. The van der Waals surface area contributed by atoms with Gasteiger partial charge in [0.25, 0.3) is 0 Å². The highest BCUT2D eigenvalue weighted by Gasteiger charge is 2.33. The van der Waals surface area contributed by atoms with Crippen LogP contribution in [0.1, 0.15) is 50.8 Å². The molecule has 2 nitrogen and oxygen atoms in total. The van der Waals surface area contributed by atoms with Gasteiger partial charge in [-0.15, -0.1) is 11.3 Å². The Kier molecular flexibility index (Phi) is 6.53. The highest BCUT2D eigenvalue weighted by molar-refractivity contribution is 7.09. The first-order valence-corrected chi connectivity index (χ1v) is 9.11. The molecule has 114 valence electrons. The number of hydrogen-bond donors (Lipinski definition) is 1. The van der Waals surface area contributed by atoms with E-state index < -0.39 is 0 Å². The van der Waals surface area contributed by atoms with Gasteiger partial charge in [-0.1, -0.05) is 39.2 Å². The fourth-order valence-electron chi connectivity index (χ4n) is 3.46. The van der Waals surface area contributed by atoms with Crippen LogP contribution >= 0.6 is 11.3 Å². The summed E-state index contributed by atoms with van der Waals surface area (Å²) in [6.07, 6.45) is 7.08. The Balaban J connectivity index is 1.96. The van der Waals surface area contributed by atoms with Crippen molar-refractivity contribution in [1.82, 2.24) is 10.2 Å². The van der Waals surface area contributed by atoms with Gasteiger partial charge in [0.05, 0.1) is 0 Å². The van der Waals surface area contributed by atoms with E-state index in [0.29, 0.717) is 5.41 Å². The molecule has 0 spiro atoms. The van der Waals surface area contributed by atoms with Crippen LogP contribution in [0.4, 0.5) is 0 Å². The van der Waals surface area contributed by atoms with Crippen molar-refractivity contribution < 1.29 is 0 Å². The van der Waals surface area contributed by atoms with Crippen LogP contribution < -0.4 is 5.32 Å². The van der Waals surface area contributed by atoms with Gasteiger partial charge in [-0.2, -0.15) is 0 Å². The zero-order valence-corrected chi connectivity index (χ0v) is 14.0. The molecule has 1 aliphatic carbocycles.